The monoisotopic (exact) mass is 300 g/mol. The number of rotatable bonds is 7. The van der Waals surface area contributed by atoms with E-state index in [1.165, 1.54) is 12.8 Å². The van der Waals surface area contributed by atoms with Crippen molar-refractivity contribution < 1.29 is 0 Å². The predicted molar refractivity (Wildman–Crippen MR) is 79.6 cm³/mol. The van der Waals surface area contributed by atoms with Gasteiger partial charge in [0.2, 0.25) is 5.16 Å². The molecule has 2 aromatic rings. The van der Waals surface area contributed by atoms with Crippen LogP contribution >= 0.6 is 11.8 Å². The summed E-state index contributed by atoms with van der Waals surface area (Å²) in [6.45, 7) is 1.66. The van der Waals surface area contributed by atoms with Crippen LogP contribution in [0.25, 0.3) is 0 Å². The minimum absolute atomic E-state index is 0.695. The second-order valence-corrected chi connectivity index (χ2v) is 5.91. The molecule has 0 atom stereocenters. The average molecular weight is 300 g/mol. The van der Waals surface area contributed by atoms with Crippen LogP contribution in [0.5, 0.6) is 0 Å². The highest BCUT2D eigenvalue weighted by molar-refractivity contribution is 7.98. The SMILES string of the molecule is N#Cc1ccccc1CSc1nnnn1CCNC1CC1. The number of nitrogens with one attached hydrogen (secondary N) is 1. The normalized spacial score (nSPS) is 14.0. The van der Waals surface area contributed by atoms with Crippen LogP contribution < -0.4 is 5.32 Å². The third-order valence-electron chi connectivity index (χ3n) is 3.33. The van der Waals surface area contributed by atoms with Crippen molar-refractivity contribution in [3.8, 4) is 6.07 Å². The van der Waals surface area contributed by atoms with Crippen LogP contribution in [0.2, 0.25) is 0 Å². The number of thioether (sulfide) groups is 1. The number of nitriles is 1. The van der Waals surface area contributed by atoms with Crippen molar-refractivity contribution in [3.05, 3.63) is 35.4 Å². The first-order chi connectivity index (χ1) is 10.4. The molecular formula is C14H16N6S. The van der Waals surface area contributed by atoms with Crippen LogP contribution in [0.15, 0.2) is 29.4 Å². The van der Waals surface area contributed by atoms with Crippen LogP contribution in [0.4, 0.5) is 0 Å². The smallest absolute Gasteiger partial charge is 0.209 e. The zero-order valence-electron chi connectivity index (χ0n) is 11.6. The van der Waals surface area contributed by atoms with Crippen molar-refractivity contribution in [1.29, 1.82) is 5.26 Å². The maximum atomic E-state index is 9.09. The molecule has 3 rings (SSSR count). The fourth-order valence-electron chi connectivity index (χ4n) is 2.00. The van der Waals surface area contributed by atoms with E-state index in [0.717, 1.165) is 23.8 Å². The lowest BCUT2D eigenvalue weighted by Gasteiger charge is -2.06. The molecular weight excluding hydrogens is 284 g/mol. The van der Waals surface area contributed by atoms with Crippen molar-refractivity contribution in [2.45, 2.75) is 36.3 Å². The molecule has 0 amide bonds. The Hall–Kier alpha value is -1.91. The van der Waals surface area contributed by atoms with Gasteiger partial charge in [-0.15, -0.1) is 5.10 Å². The van der Waals surface area contributed by atoms with Crippen LogP contribution in [0.3, 0.4) is 0 Å². The molecule has 7 heteroatoms. The molecule has 108 valence electrons. The van der Waals surface area contributed by atoms with E-state index in [4.69, 9.17) is 5.26 Å². The molecule has 1 aliphatic carbocycles. The molecule has 21 heavy (non-hydrogen) atoms. The van der Waals surface area contributed by atoms with Crippen LogP contribution in [0.1, 0.15) is 24.0 Å². The summed E-state index contributed by atoms with van der Waals surface area (Å²) in [6, 6.07) is 10.5. The number of tetrazole rings is 1. The van der Waals surface area contributed by atoms with Gasteiger partial charge in [-0.2, -0.15) is 5.26 Å². The largest absolute Gasteiger partial charge is 0.312 e. The van der Waals surface area contributed by atoms with E-state index in [1.807, 2.05) is 28.9 Å². The number of benzene rings is 1. The third-order valence-corrected chi connectivity index (χ3v) is 4.33. The highest BCUT2D eigenvalue weighted by Crippen LogP contribution is 2.22. The van der Waals surface area contributed by atoms with Crippen LogP contribution in [-0.2, 0) is 12.3 Å². The highest BCUT2D eigenvalue weighted by Gasteiger charge is 2.20. The summed E-state index contributed by atoms with van der Waals surface area (Å²) in [7, 11) is 0. The molecule has 0 saturated heterocycles. The molecule has 0 spiro atoms. The fourth-order valence-corrected chi connectivity index (χ4v) is 2.91. The summed E-state index contributed by atoms with van der Waals surface area (Å²) in [5, 5.41) is 25.1. The molecule has 1 fully saturated rings. The minimum Gasteiger partial charge on any atom is -0.312 e. The Labute approximate surface area is 127 Å². The van der Waals surface area contributed by atoms with Gasteiger partial charge in [0.15, 0.2) is 0 Å². The topological polar surface area (TPSA) is 79.4 Å². The summed E-state index contributed by atoms with van der Waals surface area (Å²) in [5.41, 5.74) is 1.72. The maximum Gasteiger partial charge on any atom is 0.209 e. The van der Waals surface area contributed by atoms with Crippen LogP contribution in [0, 0.1) is 11.3 Å². The Morgan fingerprint density at radius 1 is 1.38 bits per heavy atom. The second-order valence-electron chi connectivity index (χ2n) is 4.97. The predicted octanol–water partition coefficient (Wildman–Crippen LogP) is 1.59. The molecule has 1 aromatic heterocycles. The number of hydrogen-bond acceptors (Lipinski definition) is 6. The van der Waals surface area contributed by atoms with E-state index in [2.05, 4.69) is 26.9 Å². The van der Waals surface area contributed by atoms with Crippen molar-refractivity contribution in [3.63, 3.8) is 0 Å². The van der Waals surface area contributed by atoms with E-state index in [0.29, 0.717) is 17.4 Å². The van der Waals surface area contributed by atoms with Gasteiger partial charge in [-0.3, -0.25) is 0 Å². The van der Waals surface area contributed by atoms with Gasteiger partial charge in [-0.1, -0.05) is 30.0 Å². The summed E-state index contributed by atoms with van der Waals surface area (Å²) >= 11 is 1.56. The molecule has 1 aliphatic rings. The highest BCUT2D eigenvalue weighted by atomic mass is 32.2. The number of hydrogen-bond donors (Lipinski definition) is 1. The summed E-state index contributed by atoms with van der Waals surface area (Å²) < 4.78 is 1.81. The Morgan fingerprint density at radius 3 is 3.05 bits per heavy atom. The first kappa shape index (κ1) is 14.0. The molecule has 1 saturated carbocycles. The lowest BCUT2D eigenvalue weighted by atomic mass is 10.1. The van der Waals surface area contributed by atoms with Crippen molar-refractivity contribution in [1.82, 2.24) is 25.5 Å². The van der Waals surface area contributed by atoms with E-state index in [1.54, 1.807) is 11.8 Å². The molecule has 1 aromatic carbocycles. The van der Waals surface area contributed by atoms with Gasteiger partial charge >= 0.3 is 0 Å². The van der Waals surface area contributed by atoms with Crippen LogP contribution in [-0.4, -0.2) is 32.8 Å². The van der Waals surface area contributed by atoms with Gasteiger partial charge in [0.25, 0.3) is 0 Å². The Morgan fingerprint density at radius 2 is 2.24 bits per heavy atom. The maximum absolute atomic E-state index is 9.09. The summed E-state index contributed by atoms with van der Waals surface area (Å²) in [5.74, 6) is 0.695. The number of nitrogens with zero attached hydrogens (tertiary/aromatic N) is 5. The standard InChI is InChI=1S/C14H16N6S/c15-9-11-3-1-2-4-12(11)10-21-14-17-18-19-20(14)8-7-16-13-5-6-13/h1-4,13,16H,5-8,10H2. The third kappa shape index (κ3) is 3.80. The van der Waals surface area contributed by atoms with E-state index < -0.39 is 0 Å². The summed E-state index contributed by atoms with van der Waals surface area (Å²) in [6.07, 6.45) is 2.56. The van der Waals surface area contributed by atoms with E-state index >= 15 is 0 Å². The van der Waals surface area contributed by atoms with Crippen molar-refractivity contribution in [2.75, 3.05) is 6.54 Å². The van der Waals surface area contributed by atoms with Gasteiger partial charge in [-0.25, -0.2) is 4.68 Å². The Bertz CT molecular complexity index is 643. The quantitative estimate of drug-likeness (QED) is 0.782. The second kappa shape index (κ2) is 6.70. The number of aromatic nitrogens is 4. The molecule has 0 aliphatic heterocycles. The molecule has 6 nitrogen and oxygen atoms in total. The van der Waals surface area contributed by atoms with E-state index in [-0.39, 0.29) is 0 Å². The zero-order valence-corrected chi connectivity index (χ0v) is 12.4. The van der Waals surface area contributed by atoms with E-state index in [9.17, 15) is 0 Å². The Balaban J connectivity index is 1.57. The van der Waals surface area contributed by atoms with Crippen molar-refractivity contribution >= 4 is 11.8 Å². The van der Waals surface area contributed by atoms with Crippen molar-refractivity contribution in [2.24, 2.45) is 0 Å². The lowest BCUT2D eigenvalue weighted by Crippen LogP contribution is -2.22. The lowest BCUT2D eigenvalue weighted by molar-refractivity contribution is 0.509. The van der Waals surface area contributed by atoms with Gasteiger partial charge in [0, 0.05) is 18.3 Å². The van der Waals surface area contributed by atoms with Gasteiger partial charge in [-0.05, 0) is 34.9 Å². The van der Waals surface area contributed by atoms with Gasteiger partial charge < -0.3 is 5.32 Å². The fraction of sp³-hybridized carbons (Fsp3) is 0.429. The molecule has 0 radical (unpaired) electrons. The van der Waals surface area contributed by atoms with Gasteiger partial charge in [0.1, 0.15) is 0 Å². The molecule has 0 bridgehead atoms. The molecule has 0 unspecified atom stereocenters. The molecule has 1 heterocycles. The average Bonchev–Trinajstić information content (AvgIpc) is 3.23. The summed E-state index contributed by atoms with van der Waals surface area (Å²) in [4.78, 5) is 0. The first-order valence-corrected chi connectivity index (χ1v) is 7.96. The first-order valence-electron chi connectivity index (χ1n) is 6.97. The zero-order chi connectivity index (χ0) is 14.5. The Kier molecular flexibility index (Phi) is 4.48. The molecule has 1 N–H and O–H groups in total. The minimum atomic E-state index is 0.695. The van der Waals surface area contributed by atoms with Gasteiger partial charge in [0.05, 0.1) is 18.2 Å².